The van der Waals surface area contributed by atoms with Gasteiger partial charge in [-0.25, -0.2) is 4.79 Å². The summed E-state index contributed by atoms with van der Waals surface area (Å²) in [7, 11) is 0. The van der Waals surface area contributed by atoms with Crippen molar-refractivity contribution in [1.82, 2.24) is 10.3 Å². The standard InChI is InChI=1S/C18H15BrN2O3/c19-13-7-5-11(6-8-13)17(22)21-16(18(23)24)9-12-10-20-15-4-2-1-3-14(12)15/h1-8,10,16,20H,9H2,(H,21,22)(H,23,24)/t16-/m1/s1. The van der Waals surface area contributed by atoms with Gasteiger partial charge < -0.3 is 15.4 Å². The number of aromatic nitrogens is 1. The second-order valence-electron chi connectivity index (χ2n) is 5.43. The number of fused-ring (bicyclic) bond motifs is 1. The third kappa shape index (κ3) is 3.49. The summed E-state index contributed by atoms with van der Waals surface area (Å²) < 4.78 is 0.854. The molecule has 3 N–H and O–H groups in total. The number of nitrogens with one attached hydrogen (secondary N) is 2. The number of rotatable bonds is 5. The average Bonchev–Trinajstić information content (AvgIpc) is 2.98. The van der Waals surface area contributed by atoms with Gasteiger partial charge >= 0.3 is 5.97 Å². The first-order valence-corrected chi connectivity index (χ1v) is 8.18. The van der Waals surface area contributed by atoms with E-state index >= 15 is 0 Å². The van der Waals surface area contributed by atoms with Gasteiger partial charge in [-0.1, -0.05) is 34.1 Å². The number of carbonyl (C=O) groups excluding carboxylic acids is 1. The fourth-order valence-electron chi connectivity index (χ4n) is 2.56. The van der Waals surface area contributed by atoms with Gasteiger partial charge in [0.25, 0.3) is 5.91 Å². The van der Waals surface area contributed by atoms with Gasteiger partial charge in [0, 0.05) is 33.6 Å². The second-order valence-corrected chi connectivity index (χ2v) is 6.35. The third-order valence-corrected chi connectivity index (χ3v) is 4.34. The molecule has 3 rings (SSSR count). The Morgan fingerprint density at radius 1 is 1.12 bits per heavy atom. The number of aromatic amines is 1. The Labute approximate surface area is 146 Å². The lowest BCUT2D eigenvalue weighted by Gasteiger charge is -2.14. The van der Waals surface area contributed by atoms with Crippen LogP contribution in [0.4, 0.5) is 0 Å². The minimum Gasteiger partial charge on any atom is -0.480 e. The molecule has 0 unspecified atom stereocenters. The number of benzene rings is 2. The van der Waals surface area contributed by atoms with E-state index in [-0.39, 0.29) is 6.42 Å². The Hall–Kier alpha value is -2.60. The van der Waals surface area contributed by atoms with Crippen molar-refractivity contribution in [1.29, 1.82) is 0 Å². The van der Waals surface area contributed by atoms with Crippen LogP contribution < -0.4 is 5.32 Å². The van der Waals surface area contributed by atoms with Gasteiger partial charge in [0.05, 0.1) is 0 Å². The number of halogens is 1. The van der Waals surface area contributed by atoms with Crippen molar-refractivity contribution in [2.24, 2.45) is 0 Å². The molecular weight excluding hydrogens is 372 g/mol. The monoisotopic (exact) mass is 386 g/mol. The topological polar surface area (TPSA) is 82.2 Å². The predicted molar refractivity (Wildman–Crippen MR) is 95.0 cm³/mol. The van der Waals surface area contributed by atoms with Crippen molar-refractivity contribution in [3.05, 3.63) is 70.3 Å². The van der Waals surface area contributed by atoms with Gasteiger partial charge in [-0.05, 0) is 35.9 Å². The van der Waals surface area contributed by atoms with Gasteiger partial charge in [-0.2, -0.15) is 0 Å². The number of carboxylic acids is 1. The molecule has 0 saturated carbocycles. The average molecular weight is 387 g/mol. The van der Waals surface area contributed by atoms with E-state index in [2.05, 4.69) is 26.2 Å². The van der Waals surface area contributed by atoms with Crippen LogP contribution in [0, 0.1) is 0 Å². The molecule has 24 heavy (non-hydrogen) atoms. The molecule has 0 fully saturated rings. The molecule has 0 radical (unpaired) electrons. The number of H-pyrrole nitrogens is 1. The van der Waals surface area contributed by atoms with E-state index in [1.54, 1.807) is 30.5 Å². The highest BCUT2D eigenvalue weighted by Crippen LogP contribution is 2.19. The fourth-order valence-corrected chi connectivity index (χ4v) is 2.83. The Kier molecular flexibility index (Phi) is 4.66. The maximum absolute atomic E-state index is 12.3. The molecule has 1 amide bonds. The van der Waals surface area contributed by atoms with Crippen molar-refractivity contribution in [2.75, 3.05) is 0 Å². The van der Waals surface area contributed by atoms with Crippen LogP contribution in [0.2, 0.25) is 0 Å². The highest BCUT2D eigenvalue weighted by Gasteiger charge is 2.22. The third-order valence-electron chi connectivity index (χ3n) is 3.81. The number of hydrogen-bond acceptors (Lipinski definition) is 2. The largest absolute Gasteiger partial charge is 0.480 e. The molecule has 0 spiro atoms. The molecule has 6 heteroatoms. The van der Waals surface area contributed by atoms with Crippen molar-refractivity contribution in [3.8, 4) is 0 Å². The summed E-state index contributed by atoms with van der Waals surface area (Å²) in [5.74, 6) is -1.47. The zero-order chi connectivity index (χ0) is 17.1. The van der Waals surface area contributed by atoms with E-state index in [1.165, 1.54) is 0 Å². The van der Waals surface area contributed by atoms with Crippen LogP contribution in [0.5, 0.6) is 0 Å². The summed E-state index contributed by atoms with van der Waals surface area (Å²) in [6.07, 6.45) is 1.99. The fraction of sp³-hybridized carbons (Fsp3) is 0.111. The minimum absolute atomic E-state index is 0.210. The van der Waals surface area contributed by atoms with Crippen LogP contribution >= 0.6 is 15.9 Å². The maximum Gasteiger partial charge on any atom is 0.326 e. The van der Waals surface area contributed by atoms with E-state index < -0.39 is 17.9 Å². The van der Waals surface area contributed by atoms with Crippen LogP contribution in [0.25, 0.3) is 10.9 Å². The maximum atomic E-state index is 12.3. The minimum atomic E-state index is -1.06. The van der Waals surface area contributed by atoms with Crippen LogP contribution in [-0.4, -0.2) is 28.0 Å². The van der Waals surface area contributed by atoms with Crippen molar-refractivity contribution in [3.63, 3.8) is 0 Å². The first-order valence-electron chi connectivity index (χ1n) is 7.39. The number of hydrogen-bond donors (Lipinski definition) is 3. The molecule has 1 aromatic heterocycles. The first-order chi connectivity index (χ1) is 11.5. The van der Waals surface area contributed by atoms with Gasteiger partial charge in [0.2, 0.25) is 0 Å². The van der Waals surface area contributed by atoms with Gasteiger partial charge in [0.1, 0.15) is 6.04 Å². The summed E-state index contributed by atoms with van der Waals surface area (Å²) in [4.78, 5) is 26.9. The zero-order valence-electron chi connectivity index (χ0n) is 12.6. The number of carboxylic acid groups (broad SMARTS) is 1. The Balaban J connectivity index is 1.79. The molecule has 1 heterocycles. The smallest absolute Gasteiger partial charge is 0.326 e. The molecule has 5 nitrogen and oxygen atoms in total. The molecule has 2 aromatic carbocycles. The lowest BCUT2D eigenvalue weighted by atomic mass is 10.0. The zero-order valence-corrected chi connectivity index (χ0v) is 14.2. The highest BCUT2D eigenvalue weighted by molar-refractivity contribution is 9.10. The normalized spacial score (nSPS) is 12.0. The molecule has 0 aliphatic rings. The SMILES string of the molecule is O=C(N[C@H](Cc1c[nH]c2ccccc12)C(=O)O)c1ccc(Br)cc1. The lowest BCUT2D eigenvalue weighted by Crippen LogP contribution is -2.42. The molecule has 0 aliphatic heterocycles. The number of aliphatic carboxylic acids is 1. The van der Waals surface area contributed by atoms with Gasteiger partial charge in [-0.3, -0.25) is 4.79 Å². The predicted octanol–water partition coefficient (Wildman–Crippen LogP) is 3.36. The van der Waals surface area contributed by atoms with E-state index in [4.69, 9.17) is 0 Å². The Morgan fingerprint density at radius 2 is 1.83 bits per heavy atom. The number of carbonyl (C=O) groups is 2. The molecule has 3 aromatic rings. The van der Waals surface area contributed by atoms with E-state index in [0.29, 0.717) is 5.56 Å². The van der Waals surface area contributed by atoms with Crippen LogP contribution in [0.15, 0.2) is 59.2 Å². The van der Waals surface area contributed by atoms with E-state index in [1.807, 2.05) is 24.3 Å². The van der Waals surface area contributed by atoms with Crippen molar-refractivity contribution >= 4 is 38.7 Å². The van der Waals surface area contributed by atoms with E-state index in [9.17, 15) is 14.7 Å². The lowest BCUT2D eigenvalue weighted by molar-refractivity contribution is -0.139. The molecule has 0 bridgehead atoms. The molecule has 0 saturated heterocycles. The summed E-state index contributed by atoms with van der Waals surface area (Å²) in [5, 5.41) is 13.0. The number of para-hydroxylation sites is 1. The highest BCUT2D eigenvalue weighted by atomic mass is 79.9. The second kappa shape index (κ2) is 6.88. The summed E-state index contributed by atoms with van der Waals surface area (Å²) in [6, 6.07) is 13.4. The van der Waals surface area contributed by atoms with Crippen molar-refractivity contribution in [2.45, 2.75) is 12.5 Å². The Bertz CT molecular complexity index is 887. The summed E-state index contributed by atoms with van der Waals surface area (Å²) >= 11 is 3.30. The summed E-state index contributed by atoms with van der Waals surface area (Å²) in [5.41, 5.74) is 2.22. The van der Waals surface area contributed by atoms with Crippen LogP contribution in [0.3, 0.4) is 0 Å². The van der Waals surface area contributed by atoms with Gasteiger partial charge in [0.15, 0.2) is 0 Å². The quantitative estimate of drug-likeness (QED) is 0.628. The van der Waals surface area contributed by atoms with Gasteiger partial charge in [-0.15, -0.1) is 0 Å². The van der Waals surface area contributed by atoms with E-state index in [0.717, 1.165) is 20.9 Å². The Morgan fingerprint density at radius 3 is 2.54 bits per heavy atom. The van der Waals surface area contributed by atoms with Crippen LogP contribution in [-0.2, 0) is 11.2 Å². The summed E-state index contributed by atoms with van der Waals surface area (Å²) in [6.45, 7) is 0. The molecular formula is C18H15BrN2O3. The van der Waals surface area contributed by atoms with Crippen molar-refractivity contribution < 1.29 is 14.7 Å². The first kappa shape index (κ1) is 16.3. The van der Waals surface area contributed by atoms with Crippen LogP contribution in [0.1, 0.15) is 15.9 Å². The molecule has 122 valence electrons. The molecule has 0 aliphatic carbocycles. The number of amides is 1. The molecule has 1 atom stereocenters.